The van der Waals surface area contributed by atoms with E-state index in [2.05, 4.69) is 24.4 Å². The van der Waals surface area contributed by atoms with Gasteiger partial charge in [-0.1, -0.05) is 6.07 Å². The Morgan fingerprint density at radius 3 is 2.79 bits per heavy atom. The van der Waals surface area contributed by atoms with Crippen LogP contribution in [0, 0.1) is 0 Å². The van der Waals surface area contributed by atoms with Crippen molar-refractivity contribution in [1.82, 2.24) is 5.32 Å². The zero-order valence-electron chi connectivity index (χ0n) is 11.4. The van der Waals surface area contributed by atoms with Crippen LogP contribution in [0.5, 0.6) is 11.5 Å². The van der Waals surface area contributed by atoms with Crippen LogP contribution in [-0.4, -0.2) is 38.5 Å². The first kappa shape index (κ1) is 12.8. The van der Waals surface area contributed by atoms with E-state index in [4.69, 9.17) is 14.2 Å². The van der Waals surface area contributed by atoms with E-state index in [0.717, 1.165) is 37.5 Å². The van der Waals surface area contributed by atoms with E-state index in [1.54, 1.807) is 0 Å². The van der Waals surface area contributed by atoms with Crippen molar-refractivity contribution in [3.8, 4) is 11.5 Å². The first-order valence-corrected chi connectivity index (χ1v) is 7.06. The van der Waals surface area contributed by atoms with Crippen LogP contribution in [0.25, 0.3) is 0 Å². The molecule has 0 amide bonds. The Hall–Kier alpha value is -1.26. The van der Waals surface area contributed by atoms with Gasteiger partial charge in [0.2, 0.25) is 0 Å². The fraction of sp³-hybridized carbons (Fsp3) is 0.600. The summed E-state index contributed by atoms with van der Waals surface area (Å²) in [5.74, 6) is 1.74. The molecule has 0 aliphatic carbocycles. The molecule has 4 heteroatoms. The summed E-state index contributed by atoms with van der Waals surface area (Å²) >= 11 is 0. The first-order chi connectivity index (χ1) is 9.33. The number of benzene rings is 1. The van der Waals surface area contributed by atoms with E-state index in [1.807, 2.05) is 6.07 Å². The van der Waals surface area contributed by atoms with Gasteiger partial charge in [0.25, 0.3) is 0 Å². The van der Waals surface area contributed by atoms with Crippen LogP contribution < -0.4 is 14.8 Å². The average molecular weight is 263 g/mol. The molecule has 3 rings (SSSR count). The molecular weight excluding hydrogens is 242 g/mol. The molecule has 4 nitrogen and oxygen atoms in total. The summed E-state index contributed by atoms with van der Waals surface area (Å²) in [6, 6.07) is 6.71. The molecule has 1 saturated heterocycles. The van der Waals surface area contributed by atoms with Gasteiger partial charge in [-0.25, -0.2) is 0 Å². The van der Waals surface area contributed by atoms with Gasteiger partial charge in [0, 0.05) is 12.6 Å². The lowest BCUT2D eigenvalue weighted by Gasteiger charge is -2.19. The Bertz CT molecular complexity index is 435. The summed E-state index contributed by atoms with van der Waals surface area (Å²) < 4.78 is 16.7. The fourth-order valence-electron chi connectivity index (χ4n) is 2.64. The number of hydrogen-bond donors (Lipinski definition) is 1. The molecule has 104 valence electrons. The molecule has 1 aromatic carbocycles. The molecule has 0 aromatic heterocycles. The standard InChI is InChI=1S/C15H21NO3/c1-11-13(5-7-17-11)16-6-4-12-2-3-14-15(10-12)19-9-8-18-14/h2-3,10-11,13,16H,4-9H2,1H3. The molecule has 0 saturated carbocycles. The molecule has 0 bridgehead atoms. The summed E-state index contributed by atoms with van der Waals surface area (Å²) in [5.41, 5.74) is 1.28. The summed E-state index contributed by atoms with van der Waals surface area (Å²) in [6.45, 7) is 5.27. The van der Waals surface area contributed by atoms with Gasteiger partial charge in [0.15, 0.2) is 11.5 Å². The van der Waals surface area contributed by atoms with Gasteiger partial charge in [-0.3, -0.25) is 0 Å². The smallest absolute Gasteiger partial charge is 0.161 e. The third-order valence-electron chi connectivity index (χ3n) is 3.80. The number of fused-ring (bicyclic) bond motifs is 1. The predicted molar refractivity (Wildman–Crippen MR) is 73.0 cm³/mol. The second-order valence-corrected chi connectivity index (χ2v) is 5.15. The van der Waals surface area contributed by atoms with E-state index in [0.29, 0.717) is 25.4 Å². The third kappa shape index (κ3) is 3.01. The maximum absolute atomic E-state index is 5.60. The second-order valence-electron chi connectivity index (χ2n) is 5.15. The monoisotopic (exact) mass is 263 g/mol. The van der Waals surface area contributed by atoms with Crippen molar-refractivity contribution in [1.29, 1.82) is 0 Å². The molecular formula is C15H21NO3. The Labute approximate surface area is 114 Å². The van der Waals surface area contributed by atoms with Crippen LogP contribution in [0.3, 0.4) is 0 Å². The highest BCUT2D eigenvalue weighted by Crippen LogP contribution is 2.30. The van der Waals surface area contributed by atoms with Crippen molar-refractivity contribution < 1.29 is 14.2 Å². The zero-order chi connectivity index (χ0) is 13.1. The van der Waals surface area contributed by atoms with Crippen molar-refractivity contribution in [3.63, 3.8) is 0 Å². The minimum Gasteiger partial charge on any atom is -0.486 e. The van der Waals surface area contributed by atoms with Gasteiger partial charge in [-0.15, -0.1) is 0 Å². The summed E-state index contributed by atoms with van der Waals surface area (Å²) in [4.78, 5) is 0. The molecule has 2 aliphatic heterocycles. The quantitative estimate of drug-likeness (QED) is 0.898. The Morgan fingerprint density at radius 1 is 1.16 bits per heavy atom. The average Bonchev–Trinajstić information content (AvgIpc) is 2.84. The maximum Gasteiger partial charge on any atom is 0.161 e. The predicted octanol–water partition coefficient (Wildman–Crippen LogP) is 1.77. The van der Waals surface area contributed by atoms with Crippen LogP contribution in [-0.2, 0) is 11.2 Å². The zero-order valence-corrected chi connectivity index (χ0v) is 11.4. The summed E-state index contributed by atoms with van der Waals surface area (Å²) in [6.07, 6.45) is 2.45. The van der Waals surface area contributed by atoms with Gasteiger partial charge in [0.1, 0.15) is 13.2 Å². The number of rotatable bonds is 4. The van der Waals surface area contributed by atoms with Gasteiger partial charge in [-0.05, 0) is 44.0 Å². The number of nitrogens with one attached hydrogen (secondary N) is 1. The topological polar surface area (TPSA) is 39.7 Å². The molecule has 0 spiro atoms. The summed E-state index contributed by atoms with van der Waals surface area (Å²) in [7, 11) is 0. The van der Waals surface area contributed by atoms with E-state index in [1.165, 1.54) is 5.56 Å². The molecule has 1 N–H and O–H groups in total. The van der Waals surface area contributed by atoms with Gasteiger partial charge < -0.3 is 19.5 Å². The van der Waals surface area contributed by atoms with Gasteiger partial charge in [-0.2, -0.15) is 0 Å². The highest BCUT2D eigenvalue weighted by atomic mass is 16.6. The minimum atomic E-state index is 0.334. The molecule has 1 fully saturated rings. The lowest BCUT2D eigenvalue weighted by molar-refractivity contribution is 0.113. The van der Waals surface area contributed by atoms with Gasteiger partial charge >= 0.3 is 0 Å². The number of ether oxygens (including phenoxy) is 3. The molecule has 2 unspecified atom stereocenters. The van der Waals surface area contributed by atoms with Crippen molar-refractivity contribution in [2.75, 3.05) is 26.4 Å². The SMILES string of the molecule is CC1OCCC1NCCc1ccc2c(c1)OCCO2. The Morgan fingerprint density at radius 2 is 2.00 bits per heavy atom. The van der Waals surface area contributed by atoms with Crippen molar-refractivity contribution >= 4 is 0 Å². The molecule has 2 atom stereocenters. The summed E-state index contributed by atoms with van der Waals surface area (Å²) in [5, 5.41) is 3.56. The lowest BCUT2D eigenvalue weighted by Crippen LogP contribution is -2.35. The minimum absolute atomic E-state index is 0.334. The van der Waals surface area contributed by atoms with Crippen LogP contribution in [0.15, 0.2) is 18.2 Å². The third-order valence-corrected chi connectivity index (χ3v) is 3.80. The Balaban J connectivity index is 1.52. The van der Waals surface area contributed by atoms with Crippen molar-refractivity contribution in [2.24, 2.45) is 0 Å². The first-order valence-electron chi connectivity index (χ1n) is 7.06. The van der Waals surface area contributed by atoms with E-state index < -0.39 is 0 Å². The highest BCUT2D eigenvalue weighted by Gasteiger charge is 2.23. The van der Waals surface area contributed by atoms with E-state index in [-0.39, 0.29) is 0 Å². The Kier molecular flexibility index (Phi) is 3.89. The van der Waals surface area contributed by atoms with E-state index in [9.17, 15) is 0 Å². The molecule has 0 radical (unpaired) electrons. The normalized spacial score (nSPS) is 25.5. The van der Waals surface area contributed by atoms with E-state index >= 15 is 0 Å². The van der Waals surface area contributed by atoms with Crippen LogP contribution in [0.1, 0.15) is 18.9 Å². The molecule has 19 heavy (non-hydrogen) atoms. The number of hydrogen-bond acceptors (Lipinski definition) is 4. The van der Waals surface area contributed by atoms with Crippen LogP contribution in [0.2, 0.25) is 0 Å². The fourth-order valence-corrected chi connectivity index (χ4v) is 2.64. The largest absolute Gasteiger partial charge is 0.486 e. The highest BCUT2D eigenvalue weighted by molar-refractivity contribution is 5.43. The molecule has 2 heterocycles. The molecule has 2 aliphatic rings. The van der Waals surface area contributed by atoms with Crippen LogP contribution in [0.4, 0.5) is 0 Å². The lowest BCUT2D eigenvalue weighted by atomic mass is 10.1. The van der Waals surface area contributed by atoms with Crippen molar-refractivity contribution in [2.45, 2.75) is 31.9 Å². The van der Waals surface area contributed by atoms with Crippen LogP contribution >= 0.6 is 0 Å². The van der Waals surface area contributed by atoms with Crippen molar-refractivity contribution in [3.05, 3.63) is 23.8 Å². The maximum atomic E-state index is 5.60. The van der Waals surface area contributed by atoms with Gasteiger partial charge in [0.05, 0.1) is 6.10 Å². The molecule has 1 aromatic rings. The second kappa shape index (κ2) is 5.80.